The molecule has 1 fully saturated rings. The summed E-state index contributed by atoms with van der Waals surface area (Å²) < 4.78 is 5.00. The number of benzene rings is 1. The van der Waals surface area contributed by atoms with Crippen LogP contribution in [0.5, 0.6) is 0 Å². The molecular formula is C16H22Cl2N3O3+. The largest absolute Gasteiger partial charge is 0.450 e. The predicted octanol–water partition coefficient (Wildman–Crippen LogP) is 1.68. The van der Waals surface area contributed by atoms with Crippen LogP contribution in [0.25, 0.3) is 0 Å². The summed E-state index contributed by atoms with van der Waals surface area (Å²) in [6, 6.07) is 4.69. The zero-order valence-corrected chi connectivity index (χ0v) is 15.3. The zero-order chi connectivity index (χ0) is 17.7. The van der Waals surface area contributed by atoms with Crippen molar-refractivity contribution in [1.29, 1.82) is 0 Å². The highest BCUT2D eigenvalue weighted by atomic mass is 35.5. The van der Waals surface area contributed by atoms with Crippen molar-refractivity contribution in [2.24, 2.45) is 0 Å². The van der Waals surface area contributed by atoms with Crippen LogP contribution in [0.3, 0.4) is 0 Å². The third kappa shape index (κ3) is 5.00. The Kier molecular flexibility index (Phi) is 6.71. The lowest BCUT2D eigenvalue weighted by atomic mass is 10.2. The van der Waals surface area contributed by atoms with Gasteiger partial charge in [0.1, 0.15) is 0 Å². The van der Waals surface area contributed by atoms with Crippen LogP contribution in [0.2, 0.25) is 10.0 Å². The molecule has 1 saturated heterocycles. The number of rotatable bonds is 4. The normalized spacial score (nSPS) is 16.6. The van der Waals surface area contributed by atoms with E-state index in [0.717, 1.165) is 4.90 Å². The molecule has 1 atom stereocenters. The first-order valence-corrected chi connectivity index (χ1v) is 8.69. The highest BCUT2D eigenvalue weighted by molar-refractivity contribution is 6.35. The van der Waals surface area contributed by atoms with Crippen LogP contribution in [0.15, 0.2) is 18.2 Å². The molecule has 24 heavy (non-hydrogen) atoms. The number of piperazine rings is 1. The molecule has 2 rings (SSSR count). The minimum Gasteiger partial charge on any atom is -0.450 e. The van der Waals surface area contributed by atoms with E-state index >= 15 is 0 Å². The van der Waals surface area contributed by atoms with Crippen LogP contribution in [-0.4, -0.2) is 55.7 Å². The molecule has 1 aliphatic rings. The number of nitrogens with one attached hydrogen (secondary N) is 2. The van der Waals surface area contributed by atoms with Crippen molar-refractivity contribution < 1.29 is 19.2 Å². The summed E-state index contributed by atoms with van der Waals surface area (Å²) in [6.45, 7) is 6.58. The van der Waals surface area contributed by atoms with E-state index in [-0.39, 0.29) is 18.0 Å². The summed E-state index contributed by atoms with van der Waals surface area (Å²) in [5.41, 5.74) is 0.578. The van der Waals surface area contributed by atoms with E-state index in [1.54, 1.807) is 30.0 Å². The molecule has 0 bridgehead atoms. The van der Waals surface area contributed by atoms with Crippen molar-refractivity contribution in [3.05, 3.63) is 28.2 Å². The Hall–Kier alpha value is -1.50. The first kappa shape index (κ1) is 18.8. The van der Waals surface area contributed by atoms with Crippen LogP contribution >= 0.6 is 23.2 Å². The lowest BCUT2D eigenvalue weighted by Crippen LogP contribution is -3.19. The van der Waals surface area contributed by atoms with Crippen molar-refractivity contribution in [1.82, 2.24) is 4.90 Å². The van der Waals surface area contributed by atoms with Crippen LogP contribution in [-0.2, 0) is 9.53 Å². The third-order valence-electron chi connectivity index (χ3n) is 4.07. The van der Waals surface area contributed by atoms with Crippen molar-refractivity contribution in [2.75, 3.05) is 38.1 Å². The SMILES string of the molecule is CCOC(=O)N1CC[NH+]([C@H](C)C(=O)Nc2cc(Cl)cc(Cl)c2)CC1. The van der Waals surface area contributed by atoms with Crippen molar-refractivity contribution in [2.45, 2.75) is 19.9 Å². The number of halogens is 2. The number of carbonyl (C=O) groups excluding carboxylic acids is 2. The van der Waals surface area contributed by atoms with Gasteiger partial charge in [0.15, 0.2) is 6.04 Å². The maximum Gasteiger partial charge on any atom is 0.410 e. The van der Waals surface area contributed by atoms with Gasteiger partial charge >= 0.3 is 6.09 Å². The highest BCUT2D eigenvalue weighted by Gasteiger charge is 2.31. The number of ether oxygens (including phenoxy) is 1. The van der Waals surface area contributed by atoms with Gasteiger partial charge in [-0.3, -0.25) is 9.69 Å². The maximum atomic E-state index is 12.4. The molecule has 2 amide bonds. The Morgan fingerprint density at radius 3 is 2.38 bits per heavy atom. The Bertz CT molecular complexity index is 584. The standard InChI is InChI=1S/C16H21Cl2N3O3/c1-3-24-16(23)21-6-4-20(5-7-21)11(2)15(22)19-14-9-12(17)8-13(18)10-14/h8-11H,3-7H2,1-2H3,(H,19,22)/p+1/t11-/m1/s1. The minimum atomic E-state index is -0.290. The predicted molar refractivity (Wildman–Crippen MR) is 93.8 cm³/mol. The monoisotopic (exact) mass is 374 g/mol. The summed E-state index contributed by atoms with van der Waals surface area (Å²) in [4.78, 5) is 26.9. The molecule has 1 aromatic carbocycles. The maximum absolute atomic E-state index is 12.4. The van der Waals surface area contributed by atoms with E-state index in [1.807, 2.05) is 6.92 Å². The number of carbonyl (C=O) groups is 2. The smallest absolute Gasteiger partial charge is 0.410 e. The minimum absolute atomic E-state index is 0.104. The van der Waals surface area contributed by atoms with E-state index in [2.05, 4.69) is 5.32 Å². The molecule has 0 unspecified atom stereocenters. The Labute approximate surface area is 151 Å². The topological polar surface area (TPSA) is 63.1 Å². The first-order chi connectivity index (χ1) is 11.4. The second-order valence-corrected chi connectivity index (χ2v) is 6.59. The van der Waals surface area contributed by atoms with Crippen LogP contribution < -0.4 is 10.2 Å². The molecule has 132 valence electrons. The van der Waals surface area contributed by atoms with E-state index < -0.39 is 0 Å². The van der Waals surface area contributed by atoms with Crippen molar-refractivity contribution in [3.63, 3.8) is 0 Å². The Balaban J connectivity index is 1.89. The van der Waals surface area contributed by atoms with Gasteiger partial charge < -0.3 is 15.0 Å². The summed E-state index contributed by atoms with van der Waals surface area (Å²) in [5.74, 6) is -0.104. The number of hydrogen-bond donors (Lipinski definition) is 2. The van der Waals surface area contributed by atoms with Gasteiger partial charge in [0, 0.05) is 15.7 Å². The quantitative estimate of drug-likeness (QED) is 0.842. The molecule has 8 heteroatoms. The second kappa shape index (κ2) is 8.55. The van der Waals surface area contributed by atoms with Gasteiger partial charge in [-0.2, -0.15) is 0 Å². The fraction of sp³-hybridized carbons (Fsp3) is 0.500. The number of anilines is 1. The Morgan fingerprint density at radius 1 is 1.25 bits per heavy atom. The first-order valence-electron chi connectivity index (χ1n) is 7.94. The lowest BCUT2D eigenvalue weighted by Gasteiger charge is -2.34. The van der Waals surface area contributed by atoms with Gasteiger partial charge in [0.05, 0.1) is 32.8 Å². The number of hydrogen-bond acceptors (Lipinski definition) is 3. The zero-order valence-electron chi connectivity index (χ0n) is 13.8. The molecule has 0 aliphatic carbocycles. The number of amides is 2. The fourth-order valence-corrected chi connectivity index (χ4v) is 3.21. The lowest BCUT2D eigenvalue weighted by molar-refractivity contribution is -0.917. The molecule has 0 spiro atoms. The summed E-state index contributed by atoms with van der Waals surface area (Å²) in [5, 5.41) is 3.79. The fourth-order valence-electron chi connectivity index (χ4n) is 2.69. The average molecular weight is 375 g/mol. The average Bonchev–Trinajstić information content (AvgIpc) is 2.53. The molecule has 0 radical (unpaired) electrons. The third-order valence-corrected chi connectivity index (χ3v) is 4.50. The van der Waals surface area contributed by atoms with Gasteiger partial charge in [-0.25, -0.2) is 4.79 Å². The summed E-state index contributed by atoms with van der Waals surface area (Å²) in [7, 11) is 0. The van der Waals surface area contributed by atoms with Crippen molar-refractivity contribution in [3.8, 4) is 0 Å². The summed E-state index contributed by atoms with van der Waals surface area (Å²) >= 11 is 11.9. The van der Waals surface area contributed by atoms with Gasteiger partial charge in [-0.1, -0.05) is 23.2 Å². The molecule has 2 N–H and O–H groups in total. The molecule has 1 heterocycles. The Morgan fingerprint density at radius 2 is 1.83 bits per heavy atom. The van der Waals surface area contributed by atoms with Crippen LogP contribution in [0.4, 0.5) is 10.5 Å². The second-order valence-electron chi connectivity index (χ2n) is 5.71. The van der Waals surface area contributed by atoms with Crippen LogP contribution in [0.1, 0.15) is 13.8 Å². The van der Waals surface area contributed by atoms with E-state index in [1.165, 1.54) is 0 Å². The highest BCUT2D eigenvalue weighted by Crippen LogP contribution is 2.22. The molecule has 1 aliphatic heterocycles. The number of quaternary nitrogens is 1. The van der Waals surface area contributed by atoms with Gasteiger partial charge in [0.25, 0.3) is 5.91 Å². The molecule has 0 saturated carbocycles. The molecule has 1 aromatic rings. The molecular weight excluding hydrogens is 353 g/mol. The van der Waals surface area contributed by atoms with E-state index in [0.29, 0.717) is 48.5 Å². The van der Waals surface area contributed by atoms with Gasteiger partial charge in [-0.15, -0.1) is 0 Å². The van der Waals surface area contributed by atoms with Crippen LogP contribution in [0, 0.1) is 0 Å². The van der Waals surface area contributed by atoms with E-state index in [4.69, 9.17) is 27.9 Å². The summed E-state index contributed by atoms with van der Waals surface area (Å²) in [6.07, 6.45) is -0.290. The molecule has 6 nitrogen and oxygen atoms in total. The van der Waals surface area contributed by atoms with Gasteiger partial charge in [-0.05, 0) is 32.0 Å². The molecule has 0 aromatic heterocycles. The van der Waals surface area contributed by atoms with Gasteiger partial charge in [0.2, 0.25) is 0 Å². The van der Waals surface area contributed by atoms with Crippen molar-refractivity contribution >= 4 is 40.9 Å². The number of nitrogens with zero attached hydrogens (tertiary/aromatic N) is 1. The van der Waals surface area contributed by atoms with E-state index in [9.17, 15) is 9.59 Å².